The van der Waals surface area contributed by atoms with Gasteiger partial charge in [0.05, 0.1) is 4.70 Å². The summed E-state index contributed by atoms with van der Waals surface area (Å²) in [4.78, 5) is 13.8. The molecule has 1 atom stereocenters. The Kier molecular flexibility index (Phi) is 2.55. The van der Waals surface area contributed by atoms with E-state index in [1.54, 1.807) is 0 Å². The molecule has 0 N–H and O–H groups in total. The van der Waals surface area contributed by atoms with E-state index in [1.807, 2.05) is 23.1 Å². The predicted octanol–water partition coefficient (Wildman–Crippen LogP) is 2.60. The molecule has 1 saturated heterocycles. The van der Waals surface area contributed by atoms with Crippen LogP contribution in [0, 0.1) is 0 Å². The number of fused-ring (bicyclic) bond motifs is 1. The highest BCUT2D eigenvalue weighted by Gasteiger charge is 2.30. The second-order valence-corrected chi connectivity index (χ2v) is 5.08. The van der Waals surface area contributed by atoms with Crippen LogP contribution in [-0.2, 0) is 4.79 Å². The van der Waals surface area contributed by atoms with Gasteiger partial charge in [0.15, 0.2) is 0 Å². The summed E-state index contributed by atoms with van der Waals surface area (Å²) in [5.74, 6) is 0.230. The fourth-order valence-electron chi connectivity index (χ4n) is 2.40. The average molecular weight is 247 g/mol. The van der Waals surface area contributed by atoms with Gasteiger partial charge in [-0.25, -0.2) is 0 Å². The molecule has 1 aliphatic rings. The molecule has 1 fully saturated rings. The lowest BCUT2D eigenvalue weighted by molar-refractivity contribution is -0.117. The number of carbonyl (C=O) groups excluding carboxylic acids is 1. The van der Waals surface area contributed by atoms with E-state index in [-0.39, 0.29) is 5.91 Å². The lowest BCUT2D eigenvalue weighted by Gasteiger charge is -2.23. The standard InChI is InChI=1S/C12H13N3OS/c1-2-8-4-6-12(16)15(8)9-3-5-10-11(7-9)17-14-13-10/h3,5,7-8H,2,4,6H2,1H3/t8-/m0/s1. The van der Waals surface area contributed by atoms with Crippen LogP contribution in [-0.4, -0.2) is 21.5 Å². The minimum absolute atomic E-state index is 0.230. The third-order valence-electron chi connectivity index (χ3n) is 3.31. The summed E-state index contributed by atoms with van der Waals surface area (Å²) in [6.07, 6.45) is 2.64. The minimum Gasteiger partial charge on any atom is -0.309 e. The Morgan fingerprint density at radius 1 is 1.53 bits per heavy atom. The molecule has 2 heterocycles. The monoisotopic (exact) mass is 247 g/mol. The van der Waals surface area contributed by atoms with E-state index < -0.39 is 0 Å². The second kappa shape index (κ2) is 4.07. The van der Waals surface area contributed by atoms with Crippen molar-refractivity contribution in [2.45, 2.75) is 32.2 Å². The van der Waals surface area contributed by atoms with E-state index >= 15 is 0 Å². The maximum atomic E-state index is 11.9. The molecule has 3 rings (SSSR count). The number of anilines is 1. The van der Waals surface area contributed by atoms with Crippen LogP contribution < -0.4 is 4.90 Å². The maximum Gasteiger partial charge on any atom is 0.227 e. The van der Waals surface area contributed by atoms with Crippen molar-refractivity contribution in [3.05, 3.63) is 18.2 Å². The summed E-state index contributed by atoms with van der Waals surface area (Å²) >= 11 is 1.37. The first-order valence-electron chi connectivity index (χ1n) is 5.84. The van der Waals surface area contributed by atoms with Gasteiger partial charge in [0.1, 0.15) is 5.52 Å². The summed E-state index contributed by atoms with van der Waals surface area (Å²) in [5, 5.41) is 4.01. The smallest absolute Gasteiger partial charge is 0.227 e. The van der Waals surface area contributed by atoms with E-state index in [0.29, 0.717) is 12.5 Å². The number of nitrogens with zero attached hydrogens (tertiary/aromatic N) is 3. The number of amides is 1. The molecule has 0 radical (unpaired) electrons. The first-order chi connectivity index (χ1) is 8.29. The lowest BCUT2D eigenvalue weighted by Crippen LogP contribution is -2.32. The molecule has 1 aliphatic heterocycles. The molecular formula is C12H13N3OS. The van der Waals surface area contributed by atoms with Crippen molar-refractivity contribution in [2.75, 3.05) is 4.90 Å². The Hall–Kier alpha value is -1.49. The number of benzene rings is 1. The van der Waals surface area contributed by atoms with Crippen molar-refractivity contribution in [2.24, 2.45) is 0 Å². The first kappa shape index (κ1) is 10.7. The van der Waals surface area contributed by atoms with Crippen LogP contribution in [0.25, 0.3) is 10.2 Å². The van der Waals surface area contributed by atoms with Crippen molar-refractivity contribution in [1.29, 1.82) is 0 Å². The predicted molar refractivity (Wildman–Crippen MR) is 68.2 cm³/mol. The number of rotatable bonds is 2. The summed E-state index contributed by atoms with van der Waals surface area (Å²) in [5.41, 5.74) is 1.89. The zero-order valence-electron chi connectivity index (χ0n) is 9.59. The molecule has 0 spiro atoms. The molecule has 0 unspecified atom stereocenters. The Bertz CT molecular complexity index is 566. The molecule has 1 aromatic heterocycles. The van der Waals surface area contributed by atoms with E-state index in [2.05, 4.69) is 16.5 Å². The van der Waals surface area contributed by atoms with Gasteiger partial charge in [-0.2, -0.15) is 0 Å². The van der Waals surface area contributed by atoms with Crippen molar-refractivity contribution in [3.8, 4) is 0 Å². The Balaban J connectivity index is 2.04. The number of aromatic nitrogens is 2. The molecule has 1 amide bonds. The highest BCUT2D eigenvalue weighted by molar-refractivity contribution is 7.12. The SMILES string of the molecule is CC[C@H]1CCC(=O)N1c1ccc2nnsc2c1. The average Bonchev–Trinajstić information content (AvgIpc) is 2.93. The molecule has 5 heteroatoms. The van der Waals surface area contributed by atoms with Gasteiger partial charge >= 0.3 is 0 Å². The molecule has 17 heavy (non-hydrogen) atoms. The van der Waals surface area contributed by atoms with Crippen molar-refractivity contribution < 1.29 is 4.79 Å². The topological polar surface area (TPSA) is 46.1 Å². The summed E-state index contributed by atoms with van der Waals surface area (Å²) < 4.78 is 4.95. The van der Waals surface area contributed by atoms with Crippen molar-refractivity contribution >= 4 is 33.3 Å². The molecular weight excluding hydrogens is 234 g/mol. The van der Waals surface area contributed by atoms with Crippen molar-refractivity contribution in [1.82, 2.24) is 9.59 Å². The largest absolute Gasteiger partial charge is 0.309 e. The summed E-state index contributed by atoms with van der Waals surface area (Å²) in [6, 6.07) is 6.27. The summed E-state index contributed by atoms with van der Waals surface area (Å²) in [6.45, 7) is 2.13. The molecule has 4 nitrogen and oxygen atoms in total. The van der Waals surface area contributed by atoms with E-state index in [9.17, 15) is 4.79 Å². The fraction of sp³-hybridized carbons (Fsp3) is 0.417. The Labute approximate surface area is 103 Å². The third-order valence-corrected chi connectivity index (χ3v) is 3.99. The van der Waals surface area contributed by atoms with Gasteiger partial charge in [0.2, 0.25) is 5.91 Å². The lowest BCUT2D eigenvalue weighted by atomic mass is 10.1. The molecule has 1 aromatic carbocycles. The molecule has 88 valence electrons. The van der Waals surface area contributed by atoms with Crippen LogP contribution in [0.15, 0.2) is 18.2 Å². The van der Waals surface area contributed by atoms with Gasteiger partial charge in [-0.05, 0) is 42.6 Å². The van der Waals surface area contributed by atoms with Crippen LogP contribution in [0.4, 0.5) is 5.69 Å². The molecule has 0 bridgehead atoms. The Morgan fingerprint density at radius 3 is 3.24 bits per heavy atom. The van der Waals surface area contributed by atoms with E-state index in [1.165, 1.54) is 11.5 Å². The van der Waals surface area contributed by atoms with Crippen LogP contribution in [0.1, 0.15) is 26.2 Å². The van der Waals surface area contributed by atoms with Gasteiger partial charge in [-0.15, -0.1) is 5.10 Å². The zero-order valence-corrected chi connectivity index (χ0v) is 10.4. The van der Waals surface area contributed by atoms with Gasteiger partial charge in [-0.3, -0.25) is 4.79 Å². The fourth-order valence-corrected chi connectivity index (χ4v) is 2.99. The minimum atomic E-state index is 0.230. The van der Waals surface area contributed by atoms with Gasteiger partial charge in [0, 0.05) is 18.2 Å². The van der Waals surface area contributed by atoms with Crippen LogP contribution in [0.3, 0.4) is 0 Å². The zero-order chi connectivity index (χ0) is 11.8. The second-order valence-electron chi connectivity index (χ2n) is 4.29. The molecule has 0 saturated carbocycles. The molecule has 0 aliphatic carbocycles. The third kappa shape index (κ3) is 1.70. The quantitative estimate of drug-likeness (QED) is 0.819. The first-order valence-corrected chi connectivity index (χ1v) is 6.61. The van der Waals surface area contributed by atoms with E-state index in [4.69, 9.17) is 0 Å². The maximum absolute atomic E-state index is 11.9. The van der Waals surface area contributed by atoms with Crippen LogP contribution in [0.5, 0.6) is 0 Å². The number of hydrogen-bond donors (Lipinski definition) is 0. The number of hydrogen-bond acceptors (Lipinski definition) is 4. The van der Waals surface area contributed by atoms with Gasteiger partial charge in [-0.1, -0.05) is 11.4 Å². The highest BCUT2D eigenvalue weighted by atomic mass is 32.1. The highest BCUT2D eigenvalue weighted by Crippen LogP contribution is 2.30. The van der Waals surface area contributed by atoms with Gasteiger partial charge < -0.3 is 4.90 Å². The van der Waals surface area contributed by atoms with Crippen molar-refractivity contribution in [3.63, 3.8) is 0 Å². The Morgan fingerprint density at radius 2 is 2.41 bits per heavy atom. The van der Waals surface area contributed by atoms with Gasteiger partial charge in [0.25, 0.3) is 0 Å². The number of carbonyl (C=O) groups is 1. The van der Waals surface area contributed by atoms with Crippen LogP contribution >= 0.6 is 11.5 Å². The van der Waals surface area contributed by atoms with Crippen LogP contribution in [0.2, 0.25) is 0 Å². The summed E-state index contributed by atoms with van der Waals surface area (Å²) in [7, 11) is 0. The van der Waals surface area contributed by atoms with E-state index in [0.717, 1.165) is 28.7 Å². The normalized spacial score (nSPS) is 20.4. The molecule has 2 aromatic rings.